The lowest BCUT2D eigenvalue weighted by molar-refractivity contribution is -0.117. The van der Waals surface area contributed by atoms with Crippen LogP contribution in [0.25, 0.3) is 5.69 Å². The van der Waals surface area contributed by atoms with Gasteiger partial charge in [0.05, 0.1) is 18.3 Å². The first-order valence-electron chi connectivity index (χ1n) is 11.0. The molecule has 0 fully saturated rings. The molecule has 0 spiro atoms. The summed E-state index contributed by atoms with van der Waals surface area (Å²) in [6.45, 7) is 2.64. The van der Waals surface area contributed by atoms with Crippen molar-refractivity contribution in [2.24, 2.45) is 0 Å². The number of hydrogen-bond donors (Lipinski definition) is 0. The zero-order chi connectivity index (χ0) is 22.8. The molecule has 1 amide bonds. The van der Waals surface area contributed by atoms with E-state index in [1.165, 1.54) is 5.56 Å². The first-order chi connectivity index (χ1) is 16.1. The van der Waals surface area contributed by atoms with Gasteiger partial charge in [0.1, 0.15) is 0 Å². The van der Waals surface area contributed by atoms with Gasteiger partial charge in [-0.3, -0.25) is 14.6 Å². The summed E-state index contributed by atoms with van der Waals surface area (Å²) in [5, 5.41) is 4.43. The van der Waals surface area contributed by atoms with Gasteiger partial charge in [-0.25, -0.2) is 4.68 Å². The van der Waals surface area contributed by atoms with Gasteiger partial charge in [0.25, 0.3) is 0 Å². The van der Waals surface area contributed by atoms with Gasteiger partial charge in [0, 0.05) is 42.3 Å². The van der Waals surface area contributed by atoms with Crippen LogP contribution >= 0.6 is 0 Å². The van der Waals surface area contributed by atoms with Crippen LogP contribution < -0.4 is 4.90 Å². The van der Waals surface area contributed by atoms with Gasteiger partial charge in [-0.2, -0.15) is 5.10 Å². The molecule has 0 unspecified atom stereocenters. The number of rotatable bonds is 6. The summed E-state index contributed by atoms with van der Waals surface area (Å²) in [4.78, 5) is 31.8. The van der Waals surface area contributed by atoms with Crippen molar-refractivity contribution in [1.82, 2.24) is 14.8 Å². The summed E-state index contributed by atoms with van der Waals surface area (Å²) in [5.41, 5.74) is 6.28. The Kier molecular flexibility index (Phi) is 5.57. The summed E-state index contributed by atoms with van der Waals surface area (Å²) in [6, 6.07) is 19.3. The van der Waals surface area contributed by atoms with Gasteiger partial charge >= 0.3 is 0 Å². The molecule has 0 radical (unpaired) electrons. The molecule has 1 aliphatic rings. The van der Waals surface area contributed by atoms with Crippen LogP contribution in [-0.4, -0.2) is 33.0 Å². The monoisotopic (exact) mass is 436 g/mol. The average molecular weight is 437 g/mol. The van der Waals surface area contributed by atoms with E-state index < -0.39 is 0 Å². The number of hydrogen-bond acceptors (Lipinski definition) is 4. The van der Waals surface area contributed by atoms with E-state index in [-0.39, 0.29) is 18.1 Å². The third kappa shape index (κ3) is 4.46. The van der Waals surface area contributed by atoms with Crippen molar-refractivity contribution in [2.45, 2.75) is 26.2 Å². The zero-order valence-electron chi connectivity index (χ0n) is 18.4. The Hall–Kier alpha value is -4.06. The summed E-state index contributed by atoms with van der Waals surface area (Å²) in [7, 11) is 0. The maximum Gasteiger partial charge on any atom is 0.231 e. The Morgan fingerprint density at radius 1 is 0.939 bits per heavy atom. The van der Waals surface area contributed by atoms with Crippen molar-refractivity contribution in [3.8, 4) is 5.69 Å². The van der Waals surface area contributed by atoms with E-state index in [1.807, 2.05) is 72.6 Å². The quantitative estimate of drug-likeness (QED) is 0.426. The zero-order valence-corrected chi connectivity index (χ0v) is 18.4. The van der Waals surface area contributed by atoms with E-state index in [1.54, 1.807) is 17.1 Å². The number of pyridine rings is 1. The van der Waals surface area contributed by atoms with Crippen molar-refractivity contribution in [1.29, 1.82) is 0 Å². The molecular formula is C27H24N4O2. The standard InChI is InChI=1S/C27H24N4O2/c1-19-9-10-20(16-28-19)13-26(32)23-6-4-7-24(15-23)31-18-21(17-29-31)14-27(33)30-12-11-22-5-2-3-8-25(22)30/h2-10,15-18H,11-14H2,1H3. The molecule has 0 atom stereocenters. The van der Waals surface area contributed by atoms with E-state index >= 15 is 0 Å². The first kappa shape index (κ1) is 20.8. The highest BCUT2D eigenvalue weighted by Crippen LogP contribution is 2.28. The molecule has 0 saturated heterocycles. The van der Waals surface area contributed by atoms with Gasteiger partial charge < -0.3 is 4.90 Å². The SMILES string of the molecule is Cc1ccc(CC(=O)c2cccc(-n3cc(CC(=O)N4CCc5ccccc54)cn3)c2)cn1. The van der Waals surface area contributed by atoms with Gasteiger partial charge in [0.2, 0.25) is 5.91 Å². The van der Waals surface area contributed by atoms with Gasteiger partial charge in [-0.15, -0.1) is 0 Å². The number of aryl methyl sites for hydroxylation is 1. The lowest BCUT2D eigenvalue weighted by Crippen LogP contribution is -2.30. The number of fused-ring (bicyclic) bond motifs is 1. The predicted molar refractivity (Wildman–Crippen MR) is 127 cm³/mol. The molecule has 5 rings (SSSR count). The maximum absolute atomic E-state index is 12.9. The molecule has 0 N–H and O–H groups in total. The molecule has 4 aromatic rings. The van der Waals surface area contributed by atoms with Crippen LogP contribution in [0, 0.1) is 6.92 Å². The fraction of sp³-hybridized carbons (Fsp3) is 0.185. The molecule has 0 bridgehead atoms. The number of carbonyl (C=O) groups excluding carboxylic acids is 2. The Bertz CT molecular complexity index is 1320. The van der Waals surface area contributed by atoms with Crippen LogP contribution in [-0.2, 0) is 24.1 Å². The molecule has 0 aliphatic carbocycles. The minimum Gasteiger partial charge on any atom is -0.312 e. The highest BCUT2D eigenvalue weighted by atomic mass is 16.2. The molecule has 6 nitrogen and oxygen atoms in total. The summed E-state index contributed by atoms with van der Waals surface area (Å²) in [6.07, 6.45) is 6.78. The van der Waals surface area contributed by atoms with Crippen molar-refractivity contribution in [3.05, 3.63) is 107 Å². The van der Waals surface area contributed by atoms with Gasteiger partial charge in [-0.05, 0) is 54.3 Å². The molecule has 164 valence electrons. The molecule has 0 saturated carbocycles. The second-order valence-electron chi connectivity index (χ2n) is 8.35. The topological polar surface area (TPSA) is 68.1 Å². The molecule has 3 heterocycles. The Labute approximate surface area is 192 Å². The Morgan fingerprint density at radius 2 is 1.82 bits per heavy atom. The summed E-state index contributed by atoms with van der Waals surface area (Å²) >= 11 is 0. The summed E-state index contributed by atoms with van der Waals surface area (Å²) < 4.78 is 1.71. The lowest BCUT2D eigenvalue weighted by atomic mass is 10.0. The molecule has 6 heteroatoms. The van der Waals surface area contributed by atoms with E-state index in [0.717, 1.165) is 34.6 Å². The smallest absolute Gasteiger partial charge is 0.231 e. The third-order valence-corrected chi connectivity index (χ3v) is 5.95. The van der Waals surface area contributed by atoms with Gasteiger partial charge in [0.15, 0.2) is 5.78 Å². The van der Waals surface area contributed by atoms with E-state index in [0.29, 0.717) is 18.5 Å². The van der Waals surface area contributed by atoms with Crippen LogP contribution in [0.15, 0.2) is 79.3 Å². The Balaban J connectivity index is 1.28. The molecule has 1 aliphatic heterocycles. The summed E-state index contributed by atoms with van der Waals surface area (Å²) in [5.74, 6) is 0.0906. The molecule has 2 aromatic carbocycles. The highest BCUT2D eigenvalue weighted by Gasteiger charge is 2.24. The Morgan fingerprint density at radius 3 is 2.67 bits per heavy atom. The van der Waals surface area contributed by atoms with Gasteiger partial charge in [-0.1, -0.05) is 36.4 Å². The number of anilines is 1. The first-order valence-corrected chi connectivity index (χ1v) is 11.0. The lowest BCUT2D eigenvalue weighted by Gasteiger charge is -2.16. The molecule has 2 aromatic heterocycles. The fourth-order valence-electron chi connectivity index (χ4n) is 4.17. The second kappa shape index (κ2) is 8.82. The average Bonchev–Trinajstić information content (AvgIpc) is 3.48. The maximum atomic E-state index is 12.9. The normalized spacial score (nSPS) is 12.6. The third-order valence-electron chi connectivity index (χ3n) is 5.95. The van der Waals surface area contributed by atoms with E-state index in [2.05, 4.69) is 16.1 Å². The minimum atomic E-state index is 0.0257. The second-order valence-corrected chi connectivity index (χ2v) is 8.35. The van der Waals surface area contributed by atoms with Crippen molar-refractivity contribution in [3.63, 3.8) is 0 Å². The van der Waals surface area contributed by atoms with E-state index in [9.17, 15) is 9.59 Å². The number of amides is 1. The number of Topliss-reactive ketones (excluding diaryl/α,β-unsaturated/α-hetero) is 1. The van der Waals surface area contributed by atoms with Crippen LogP contribution in [0.4, 0.5) is 5.69 Å². The number of nitrogens with zero attached hydrogens (tertiary/aromatic N) is 4. The number of carbonyl (C=O) groups is 2. The highest BCUT2D eigenvalue weighted by molar-refractivity contribution is 5.98. The molecule has 33 heavy (non-hydrogen) atoms. The number of para-hydroxylation sites is 1. The van der Waals surface area contributed by atoms with Crippen LogP contribution in [0.1, 0.15) is 32.7 Å². The fourth-order valence-corrected chi connectivity index (χ4v) is 4.17. The number of benzene rings is 2. The largest absolute Gasteiger partial charge is 0.312 e. The van der Waals surface area contributed by atoms with Crippen LogP contribution in [0.2, 0.25) is 0 Å². The number of aromatic nitrogens is 3. The van der Waals surface area contributed by atoms with Crippen LogP contribution in [0.3, 0.4) is 0 Å². The van der Waals surface area contributed by atoms with E-state index in [4.69, 9.17) is 0 Å². The van der Waals surface area contributed by atoms with Crippen LogP contribution in [0.5, 0.6) is 0 Å². The van der Waals surface area contributed by atoms with Crippen molar-refractivity contribution in [2.75, 3.05) is 11.4 Å². The number of ketones is 1. The minimum absolute atomic E-state index is 0.0257. The van der Waals surface area contributed by atoms with Crippen molar-refractivity contribution >= 4 is 17.4 Å². The van der Waals surface area contributed by atoms with Crippen molar-refractivity contribution < 1.29 is 9.59 Å². The molecular weight excluding hydrogens is 412 g/mol. The predicted octanol–water partition coefficient (Wildman–Crippen LogP) is 4.13.